The number of aryl methyl sites for hydroxylation is 1. The summed E-state index contributed by atoms with van der Waals surface area (Å²) >= 11 is 0. The fraction of sp³-hybridized carbons (Fsp3) is 0.371. The van der Waals surface area contributed by atoms with E-state index in [1.165, 1.54) is 12.0 Å². The van der Waals surface area contributed by atoms with Gasteiger partial charge in [0.2, 0.25) is 0 Å². The molecule has 0 bridgehead atoms. The Morgan fingerprint density at radius 3 is 2.15 bits per heavy atom. The first kappa shape index (κ1) is 33.9. The van der Waals surface area contributed by atoms with Crippen LogP contribution >= 0.6 is 0 Å². The van der Waals surface area contributed by atoms with Gasteiger partial charge in [-0.25, -0.2) is 9.59 Å². The van der Waals surface area contributed by atoms with E-state index in [1.54, 1.807) is 26.2 Å². The molecule has 6 nitrogen and oxygen atoms in total. The summed E-state index contributed by atoms with van der Waals surface area (Å²) in [6.45, 7) is 3.51. The first-order valence-corrected chi connectivity index (χ1v) is 15.0. The number of esters is 1. The van der Waals surface area contributed by atoms with E-state index < -0.39 is 47.7 Å². The van der Waals surface area contributed by atoms with Crippen LogP contribution in [0, 0.1) is 6.92 Å². The summed E-state index contributed by atoms with van der Waals surface area (Å²) in [6, 6.07) is 11.4. The molecule has 47 heavy (non-hydrogen) atoms. The van der Waals surface area contributed by atoms with Crippen LogP contribution in [0.1, 0.15) is 76.9 Å². The Hall–Kier alpha value is -4.48. The number of amides is 1. The standard InChI is InChI=1S/C35H33F6NO5/c1-19-13-22(32(43)46-4)9-11-27(19)21-10-12-30(45-3)29(16-21)28-8-6-5-7-23(28)18-42-20(2)31(47-33(42)44)24-14-25(34(36,37)38)17-26(15-24)35(39,40)41/h9-17,20,31H,5-8,18H2,1-4H3/t20-,31-/m0/s1. The quantitative estimate of drug-likeness (QED) is 0.187. The largest absolute Gasteiger partial charge is 0.496 e. The minimum atomic E-state index is -5.03. The van der Waals surface area contributed by atoms with Gasteiger partial charge in [0.05, 0.1) is 37.0 Å². The van der Waals surface area contributed by atoms with Crippen LogP contribution in [-0.2, 0) is 21.8 Å². The predicted octanol–water partition coefficient (Wildman–Crippen LogP) is 9.40. The molecule has 0 aromatic heterocycles. The van der Waals surface area contributed by atoms with Gasteiger partial charge in [-0.05, 0) is 115 Å². The lowest BCUT2D eigenvalue weighted by Gasteiger charge is -2.28. The van der Waals surface area contributed by atoms with Crippen LogP contribution in [0.2, 0.25) is 0 Å². The minimum Gasteiger partial charge on any atom is -0.496 e. The summed E-state index contributed by atoms with van der Waals surface area (Å²) in [5, 5.41) is 0. The van der Waals surface area contributed by atoms with E-state index in [9.17, 15) is 35.9 Å². The van der Waals surface area contributed by atoms with Crippen LogP contribution in [0.25, 0.3) is 16.7 Å². The normalized spacial score (nSPS) is 18.8. The Labute approximate surface area is 267 Å². The van der Waals surface area contributed by atoms with Crippen LogP contribution in [0.5, 0.6) is 5.75 Å². The van der Waals surface area contributed by atoms with Gasteiger partial charge < -0.3 is 14.2 Å². The van der Waals surface area contributed by atoms with Gasteiger partial charge in [-0.1, -0.05) is 12.1 Å². The summed E-state index contributed by atoms with van der Waals surface area (Å²) in [6.07, 6.45) is -9.24. The molecule has 12 heteroatoms. The summed E-state index contributed by atoms with van der Waals surface area (Å²) in [5.41, 5.74) is 2.36. The van der Waals surface area contributed by atoms with E-state index >= 15 is 0 Å². The molecule has 0 saturated carbocycles. The number of hydrogen-bond donors (Lipinski definition) is 0. The molecule has 1 aliphatic heterocycles. The Balaban J connectivity index is 1.50. The maximum atomic E-state index is 13.6. The number of halogens is 6. The zero-order valence-electron chi connectivity index (χ0n) is 26.1. The number of nitrogens with zero attached hydrogens (tertiary/aromatic N) is 1. The molecule has 1 fully saturated rings. The maximum absolute atomic E-state index is 13.6. The molecule has 1 amide bonds. The second-order valence-electron chi connectivity index (χ2n) is 11.7. The average Bonchev–Trinajstić information content (AvgIpc) is 3.31. The molecular weight excluding hydrogens is 628 g/mol. The van der Waals surface area contributed by atoms with Crippen molar-refractivity contribution in [3.8, 4) is 16.9 Å². The Bertz CT molecular complexity index is 1700. The smallest absolute Gasteiger partial charge is 0.416 e. The fourth-order valence-electron chi connectivity index (χ4n) is 6.32. The number of methoxy groups -OCH3 is 2. The van der Waals surface area contributed by atoms with Crippen LogP contribution in [-0.4, -0.2) is 43.8 Å². The number of alkyl halides is 6. The molecule has 2 atom stereocenters. The first-order valence-electron chi connectivity index (χ1n) is 15.0. The maximum Gasteiger partial charge on any atom is 0.416 e. The molecule has 2 aliphatic rings. The minimum absolute atomic E-state index is 0.0539. The molecular formula is C35H33F6NO5. The van der Waals surface area contributed by atoms with Crippen LogP contribution < -0.4 is 4.74 Å². The Morgan fingerprint density at radius 1 is 0.894 bits per heavy atom. The molecule has 3 aromatic rings. The second-order valence-corrected chi connectivity index (χ2v) is 11.7. The van der Waals surface area contributed by atoms with Crippen molar-refractivity contribution in [2.75, 3.05) is 20.8 Å². The monoisotopic (exact) mass is 661 g/mol. The molecule has 0 spiro atoms. The number of cyclic esters (lactones) is 1. The van der Waals surface area contributed by atoms with Gasteiger partial charge in [0.15, 0.2) is 0 Å². The van der Waals surface area contributed by atoms with Crippen molar-refractivity contribution in [3.05, 3.63) is 93.6 Å². The van der Waals surface area contributed by atoms with E-state index in [2.05, 4.69) is 0 Å². The highest BCUT2D eigenvalue weighted by molar-refractivity contribution is 5.91. The lowest BCUT2D eigenvalue weighted by molar-refractivity contribution is -0.143. The van der Waals surface area contributed by atoms with Crippen molar-refractivity contribution in [3.63, 3.8) is 0 Å². The summed E-state index contributed by atoms with van der Waals surface area (Å²) in [7, 11) is 2.86. The van der Waals surface area contributed by atoms with Gasteiger partial charge in [-0.3, -0.25) is 4.90 Å². The number of hydrogen-bond acceptors (Lipinski definition) is 5. The van der Waals surface area contributed by atoms with Crippen molar-refractivity contribution < 1.29 is 50.1 Å². The molecule has 1 saturated heterocycles. The molecule has 5 rings (SSSR count). The van der Waals surface area contributed by atoms with E-state index in [0.717, 1.165) is 46.2 Å². The number of ether oxygens (including phenoxy) is 3. The van der Waals surface area contributed by atoms with Gasteiger partial charge in [0, 0.05) is 12.1 Å². The molecule has 0 N–H and O–H groups in total. The first-order chi connectivity index (χ1) is 22.1. The zero-order chi connectivity index (χ0) is 34.3. The summed E-state index contributed by atoms with van der Waals surface area (Å²) < 4.78 is 97.3. The van der Waals surface area contributed by atoms with Gasteiger partial charge >= 0.3 is 24.4 Å². The third-order valence-electron chi connectivity index (χ3n) is 8.76. The highest BCUT2D eigenvalue weighted by Crippen LogP contribution is 2.43. The number of allylic oxidation sites excluding steroid dienone is 1. The van der Waals surface area contributed by atoms with Gasteiger partial charge in [-0.15, -0.1) is 0 Å². The second kappa shape index (κ2) is 13.0. The van der Waals surface area contributed by atoms with Crippen LogP contribution in [0.4, 0.5) is 31.1 Å². The number of benzene rings is 3. The highest BCUT2D eigenvalue weighted by atomic mass is 19.4. The Morgan fingerprint density at radius 2 is 1.55 bits per heavy atom. The van der Waals surface area contributed by atoms with E-state index in [-0.39, 0.29) is 18.2 Å². The molecule has 250 valence electrons. The SMILES string of the molecule is COC(=O)c1ccc(-c2ccc(OC)c(C3=C(CN4C(=O)O[C@H](c5cc(C(F)(F)F)cc(C(F)(F)F)c5)[C@@H]4C)CCCC3)c2)c(C)c1. The van der Waals surface area contributed by atoms with Crippen LogP contribution in [0.15, 0.2) is 60.2 Å². The Kier molecular flexibility index (Phi) is 9.34. The molecule has 1 heterocycles. The van der Waals surface area contributed by atoms with E-state index in [1.807, 2.05) is 31.2 Å². The molecule has 3 aromatic carbocycles. The van der Waals surface area contributed by atoms with Crippen molar-refractivity contribution in [2.45, 2.75) is 64.0 Å². The summed E-state index contributed by atoms with van der Waals surface area (Å²) in [4.78, 5) is 26.5. The van der Waals surface area contributed by atoms with Crippen molar-refractivity contribution in [1.82, 2.24) is 4.90 Å². The van der Waals surface area contributed by atoms with Crippen molar-refractivity contribution in [2.24, 2.45) is 0 Å². The third-order valence-corrected chi connectivity index (χ3v) is 8.76. The van der Waals surface area contributed by atoms with Crippen LogP contribution in [0.3, 0.4) is 0 Å². The predicted molar refractivity (Wildman–Crippen MR) is 162 cm³/mol. The zero-order valence-corrected chi connectivity index (χ0v) is 26.1. The van der Waals surface area contributed by atoms with Crippen molar-refractivity contribution in [1.29, 1.82) is 0 Å². The van der Waals surface area contributed by atoms with Gasteiger partial charge in [-0.2, -0.15) is 26.3 Å². The van der Waals surface area contributed by atoms with E-state index in [4.69, 9.17) is 14.2 Å². The highest BCUT2D eigenvalue weighted by Gasteiger charge is 2.43. The number of carbonyl (C=O) groups excluding carboxylic acids is 2. The molecule has 0 radical (unpaired) electrons. The average molecular weight is 662 g/mol. The fourth-order valence-corrected chi connectivity index (χ4v) is 6.32. The third kappa shape index (κ3) is 6.96. The topological polar surface area (TPSA) is 65.1 Å². The lowest BCUT2D eigenvalue weighted by Crippen LogP contribution is -2.34. The number of carbonyl (C=O) groups is 2. The summed E-state index contributed by atoms with van der Waals surface area (Å²) in [5.74, 6) is 0.156. The van der Waals surface area contributed by atoms with Crippen molar-refractivity contribution >= 4 is 17.6 Å². The van der Waals surface area contributed by atoms with Gasteiger partial charge in [0.25, 0.3) is 0 Å². The molecule has 0 unspecified atom stereocenters. The number of rotatable bonds is 7. The van der Waals surface area contributed by atoms with Gasteiger partial charge in [0.1, 0.15) is 11.9 Å². The lowest BCUT2D eigenvalue weighted by atomic mass is 9.85. The molecule has 1 aliphatic carbocycles. The van der Waals surface area contributed by atoms with E-state index in [0.29, 0.717) is 36.3 Å².